The van der Waals surface area contributed by atoms with Gasteiger partial charge in [-0.2, -0.15) is 4.74 Å². The Labute approximate surface area is 110 Å². The lowest BCUT2D eigenvalue weighted by atomic mass is 10.2. The summed E-state index contributed by atoms with van der Waals surface area (Å²) in [4.78, 5) is 0. The van der Waals surface area contributed by atoms with E-state index < -0.39 is 7.74 Å². The Bertz CT molecular complexity index is 379. The van der Waals surface area contributed by atoms with Crippen LogP contribution in [0.1, 0.15) is 26.3 Å². The molecule has 4 nitrogen and oxygen atoms in total. The highest BCUT2D eigenvalue weighted by atomic mass is 31.2. The Hall–Kier alpha value is -0.670. The maximum atomic E-state index is 5.64. The van der Waals surface area contributed by atoms with Gasteiger partial charge in [-0.25, -0.2) is 0 Å². The van der Waals surface area contributed by atoms with Crippen molar-refractivity contribution in [2.75, 3.05) is 19.8 Å². The molecule has 18 heavy (non-hydrogen) atoms. The molecule has 0 radical (unpaired) electrons. The molecule has 1 aromatic carbocycles. The highest BCUT2D eigenvalue weighted by Crippen LogP contribution is 2.55. The highest BCUT2D eigenvalue weighted by Gasteiger charge is 2.22. The molecule has 0 aliphatic rings. The van der Waals surface area contributed by atoms with E-state index in [1.165, 1.54) is 5.56 Å². The lowest BCUT2D eigenvalue weighted by Gasteiger charge is -2.21. The predicted octanol–water partition coefficient (Wildman–Crippen LogP) is 4.68. The van der Waals surface area contributed by atoms with E-state index in [1.807, 2.05) is 52.0 Å². The first-order valence-electron chi connectivity index (χ1n) is 6.28. The van der Waals surface area contributed by atoms with E-state index in [0.29, 0.717) is 19.8 Å². The van der Waals surface area contributed by atoms with E-state index in [9.17, 15) is 0 Å². The summed E-state index contributed by atoms with van der Waals surface area (Å²) in [6.07, 6.45) is 0. The molecular weight excluding hydrogens is 249 g/mol. The second kappa shape index (κ2) is 7.70. The Balaban J connectivity index is 3.09. The van der Waals surface area contributed by atoms with Crippen LogP contribution in [0.25, 0.3) is 0 Å². The zero-order valence-electron chi connectivity index (χ0n) is 11.5. The third-order valence-electron chi connectivity index (χ3n) is 2.15. The smallest absolute Gasteiger partial charge is 0.303 e. The molecule has 0 aliphatic heterocycles. The zero-order valence-corrected chi connectivity index (χ0v) is 12.4. The van der Waals surface area contributed by atoms with Crippen molar-refractivity contribution in [1.29, 1.82) is 0 Å². The highest BCUT2D eigenvalue weighted by molar-refractivity contribution is 7.51. The number of benzene rings is 1. The van der Waals surface area contributed by atoms with Gasteiger partial charge in [0.15, 0.2) is 0 Å². The van der Waals surface area contributed by atoms with Crippen molar-refractivity contribution >= 4 is 13.4 Å². The molecule has 0 fully saturated rings. The first kappa shape index (κ1) is 15.4. The second-order valence-corrected chi connectivity index (χ2v) is 5.57. The van der Waals surface area contributed by atoms with Gasteiger partial charge in [0.2, 0.25) is 0 Å². The fraction of sp³-hybridized carbons (Fsp3) is 0.538. The summed E-state index contributed by atoms with van der Waals surface area (Å²) in [6.45, 7) is 9.33. The molecule has 0 aromatic heterocycles. The topological polar surface area (TPSA) is 40.0 Å². The average molecular weight is 271 g/mol. The van der Waals surface area contributed by atoms with Gasteiger partial charge >= 0.3 is 7.74 Å². The van der Waals surface area contributed by atoms with Crippen molar-refractivity contribution < 1.29 is 13.6 Å². The van der Waals surface area contributed by atoms with Gasteiger partial charge in [0.1, 0.15) is 0 Å². The summed E-state index contributed by atoms with van der Waals surface area (Å²) in [7, 11) is -2.61. The fourth-order valence-electron chi connectivity index (χ4n) is 1.44. The van der Waals surface area contributed by atoms with Gasteiger partial charge in [-0.05, 0) is 39.8 Å². The number of aryl methyl sites for hydroxylation is 1. The van der Waals surface area contributed by atoms with E-state index >= 15 is 0 Å². The summed E-state index contributed by atoms with van der Waals surface area (Å²) in [6, 6.07) is 7.91. The van der Waals surface area contributed by atoms with Gasteiger partial charge in [0, 0.05) is 0 Å². The molecule has 5 heteroatoms. The van der Waals surface area contributed by atoms with Gasteiger partial charge in [0.25, 0.3) is 0 Å². The monoisotopic (exact) mass is 271 g/mol. The van der Waals surface area contributed by atoms with Crippen molar-refractivity contribution in [3.8, 4) is 0 Å². The molecule has 0 unspecified atom stereocenters. The van der Waals surface area contributed by atoms with Gasteiger partial charge in [0.05, 0.1) is 25.5 Å². The van der Waals surface area contributed by atoms with Crippen LogP contribution in [-0.4, -0.2) is 19.8 Å². The minimum atomic E-state index is -2.61. The van der Waals surface area contributed by atoms with E-state index in [4.69, 9.17) is 13.6 Å². The molecule has 0 bridgehead atoms. The maximum absolute atomic E-state index is 5.64. The van der Waals surface area contributed by atoms with Crippen LogP contribution >= 0.6 is 7.74 Å². The summed E-state index contributed by atoms with van der Waals surface area (Å²) >= 11 is 0. The van der Waals surface area contributed by atoms with Gasteiger partial charge in [-0.1, -0.05) is 17.7 Å². The SMILES string of the molecule is CCOP(=Nc1ccc(C)cc1)(OCC)OCC. The molecule has 0 N–H and O–H groups in total. The average Bonchev–Trinajstić information content (AvgIpc) is 2.33. The molecule has 0 saturated heterocycles. The number of nitrogens with zero attached hydrogens (tertiary/aromatic N) is 1. The fourth-order valence-corrected chi connectivity index (χ4v) is 3.23. The minimum absolute atomic E-state index is 0.517. The zero-order chi connectivity index (χ0) is 13.4. The molecular formula is C13H22NO3P. The van der Waals surface area contributed by atoms with Crippen LogP contribution < -0.4 is 0 Å². The van der Waals surface area contributed by atoms with Crippen LogP contribution in [0.4, 0.5) is 5.69 Å². The van der Waals surface area contributed by atoms with Crippen LogP contribution in [0.2, 0.25) is 0 Å². The summed E-state index contributed by atoms with van der Waals surface area (Å²) in [5.41, 5.74) is 2.02. The van der Waals surface area contributed by atoms with Crippen molar-refractivity contribution in [3.05, 3.63) is 29.8 Å². The molecule has 0 saturated carbocycles. The second-order valence-electron chi connectivity index (χ2n) is 3.66. The van der Waals surface area contributed by atoms with Gasteiger partial charge in [-0.3, -0.25) is 0 Å². The minimum Gasteiger partial charge on any atom is -0.303 e. The quantitative estimate of drug-likeness (QED) is 0.676. The lowest BCUT2D eigenvalue weighted by molar-refractivity contribution is 0.163. The standard InChI is InChI=1S/C13H22NO3P/c1-5-15-18(16-6-2,17-7-3)14-13-10-8-12(4)9-11-13/h8-11H,5-7H2,1-4H3. The first-order chi connectivity index (χ1) is 8.65. The molecule has 0 heterocycles. The summed E-state index contributed by atoms with van der Waals surface area (Å²) in [5.74, 6) is 0. The van der Waals surface area contributed by atoms with Crippen molar-refractivity contribution in [2.45, 2.75) is 27.7 Å². The molecule has 0 amide bonds. The largest absolute Gasteiger partial charge is 0.360 e. The van der Waals surface area contributed by atoms with Crippen molar-refractivity contribution in [3.63, 3.8) is 0 Å². The third-order valence-corrected chi connectivity index (χ3v) is 4.38. The molecule has 1 rings (SSSR count). The Morgan fingerprint density at radius 3 is 1.72 bits per heavy atom. The summed E-state index contributed by atoms with van der Waals surface area (Å²) < 4.78 is 21.5. The molecule has 0 atom stereocenters. The van der Waals surface area contributed by atoms with Gasteiger partial charge in [-0.15, -0.1) is 0 Å². The predicted molar refractivity (Wildman–Crippen MR) is 75.1 cm³/mol. The van der Waals surface area contributed by atoms with Crippen LogP contribution in [0.5, 0.6) is 0 Å². The van der Waals surface area contributed by atoms with Crippen molar-refractivity contribution in [1.82, 2.24) is 0 Å². The Morgan fingerprint density at radius 2 is 1.33 bits per heavy atom. The van der Waals surface area contributed by atoms with Crippen LogP contribution in [0, 0.1) is 6.92 Å². The Kier molecular flexibility index (Phi) is 6.58. The lowest BCUT2D eigenvalue weighted by Crippen LogP contribution is -2.00. The number of rotatable bonds is 7. The third kappa shape index (κ3) is 4.54. The van der Waals surface area contributed by atoms with E-state index in [1.54, 1.807) is 0 Å². The molecule has 0 spiro atoms. The normalized spacial score (nSPS) is 11.6. The molecule has 0 aliphatic carbocycles. The summed E-state index contributed by atoms with van der Waals surface area (Å²) in [5, 5.41) is 0. The van der Waals surface area contributed by atoms with Crippen LogP contribution in [-0.2, 0) is 13.6 Å². The van der Waals surface area contributed by atoms with Crippen molar-refractivity contribution in [2.24, 2.45) is 4.74 Å². The van der Waals surface area contributed by atoms with E-state index in [-0.39, 0.29) is 0 Å². The first-order valence-corrected chi connectivity index (χ1v) is 7.78. The van der Waals surface area contributed by atoms with E-state index in [0.717, 1.165) is 5.69 Å². The number of hydrogen-bond acceptors (Lipinski definition) is 4. The number of hydrogen-bond donors (Lipinski definition) is 0. The van der Waals surface area contributed by atoms with Gasteiger partial charge < -0.3 is 13.6 Å². The maximum Gasteiger partial charge on any atom is 0.360 e. The van der Waals surface area contributed by atoms with Crippen LogP contribution in [0.15, 0.2) is 29.0 Å². The Morgan fingerprint density at radius 1 is 0.889 bits per heavy atom. The molecule has 102 valence electrons. The van der Waals surface area contributed by atoms with E-state index in [2.05, 4.69) is 4.74 Å². The van der Waals surface area contributed by atoms with Crippen LogP contribution in [0.3, 0.4) is 0 Å². The molecule has 1 aromatic rings.